The average molecular weight is 596 g/mol. The lowest BCUT2D eigenvalue weighted by molar-refractivity contribution is -0.151. The van der Waals surface area contributed by atoms with Gasteiger partial charge in [-0.1, -0.05) is 96.5 Å². The van der Waals surface area contributed by atoms with Gasteiger partial charge in [-0.25, -0.2) is 4.79 Å². The second-order valence-corrected chi connectivity index (χ2v) is 10.9. The molecule has 1 saturated carbocycles. The fraction of sp³-hybridized carbons (Fsp3) is 0.581. The third-order valence-electron chi connectivity index (χ3n) is 6.46. The van der Waals surface area contributed by atoms with Gasteiger partial charge in [-0.2, -0.15) is 0 Å². The molecule has 0 saturated heterocycles. The van der Waals surface area contributed by atoms with E-state index < -0.39 is 36.5 Å². The minimum absolute atomic E-state index is 0.00137. The highest BCUT2D eigenvalue weighted by atomic mass is 79.9. The minimum atomic E-state index is -0.967. The topological polar surface area (TPSA) is 107 Å². The van der Waals surface area contributed by atoms with Crippen molar-refractivity contribution in [1.29, 1.82) is 0 Å². The molecule has 0 heterocycles. The molecule has 0 bridgehead atoms. The molecule has 0 aliphatic heterocycles. The molecule has 1 aliphatic carbocycles. The van der Waals surface area contributed by atoms with E-state index in [4.69, 9.17) is 4.74 Å². The summed E-state index contributed by atoms with van der Waals surface area (Å²) in [5.41, 5.74) is 0.988. The molecule has 0 spiro atoms. The van der Waals surface area contributed by atoms with Crippen LogP contribution in [-0.4, -0.2) is 56.9 Å². The van der Waals surface area contributed by atoms with Crippen LogP contribution in [-0.2, 0) is 9.53 Å². The van der Waals surface area contributed by atoms with Gasteiger partial charge < -0.3 is 25.2 Å². The van der Waals surface area contributed by atoms with Gasteiger partial charge in [0.1, 0.15) is 6.10 Å². The summed E-state index contributed by atoms with van der Waals surface area (Å²) in [4.78, 5) is 11.9. The zero-order valence-corrected chi connectivity index (χ0v) is 24.7. The lowest BCUT2D eigenvalue weighted by atomic mass is 9.95. The van der Waals surface area contributed by atoms with Gasteiger partial charge in [0.15, 0.2) is 0 Å². The Morgan fingerprint density at radius 1 is 0.974 bits per heavy atom. The Hall–Kier alpha value is -1.77. The molecule has 38 heavy (non-hydrogen) atoms. The van der Waals surface area contributed by atoms with E-state index in [-0.39, 0.29) is 12.3 Å². The highest BCUT2D eigenvalue weighted by Gasteiger charge is 2.25. The van der Waals surface area contributed by atoms with Crippen molar-refractivity contribution in [3.05, 3.63) is 70.8 Å². The van der Waals surface area contributed by atoms with Crippen molar-refractivity contribution in [2.24, 2.45) is 5.92 Å². The molecule has 6 atom stereocenters. The molecular weight excluding hydrogens is 548 g/mol. The molecule has 0 aromatic heterocycles. The van der Waals surface area contributed by atoms with E-state index >= 15 is 0 Å². The standard InChI is InChI=1S/C31H47BrO6/c1-4-5-6-7-16-25(33)22-29(36)28(35)21-24(3)26(32)17-10-8-14-23(2)15-9-13-20-31(37)38-30-19-12-11-18-27(30)34/h5-6,8-10,13-15,17,20,24-25,27-30,33-36H,4,7,11-12,16,18-19,21-22H2,1-3H3/b6-5+,10-8+,15-9+,20-13+,23-14+,26-17-. The highest BCUT2D eigenvalue weighted by molar-refractivity contribution is 9.11. The van der Waals surface area contributed by atoms with E-state index in [9.17, 15) is 25.2 Å². The molecule has 1 rings (SSSR count). The fourth-order valence-corrected chi connectivity index (χ4v) is 4.42. The van der Waals surface area contributed by atoms with Crippen LogP contribution in [0.2, 0.25) is 0 Å². The molecule has 1 fully saturated rings. The number of aliphatic hydroxyl groups is 4. The number of carbonyl (C=O) groups is 1. The van der Waals surface area contributed by atoms with E-state index in [0.29, 0.717) is 25.7 Å². The van der Waals surface area contributed by atoms with Gasteiger partial charge in [0, 0.05) is 12.5 Å². The molecule has 4 N–H and O–H groups in total. The largest absolute Gasteiger partial charge is 0.456 e. The van der Waals surface area contributed by atoms with Crippen LogP contribution in [0.5, 0.6) is 0 Å². The van der Waals surface area contributed by atoms with Crippen LogP contribution in [0, 0.1) is 5.92 Å². The Morgan fingerprint density at radius 2 is 1.63 bits per heavy atom. The Morgan fingerprint density at radius 3 is 2.34 bits per heavy atom. The summed E-state index contributed by atoms with van der Waals surface area (Å²) in [6.07, 6.45) is 21.0. The quantitative estimate of drug-likeness (QED) is 0.0758. The zero-order valence-electron chi connectivity index (χ0n) is 23.1. The van der Waals surface area contributed by atoms with Crippen LogP contribution in [0.1, 0.15) is 78.6 Å². The fourth-order valence-electron chi connectivity index (χ4n) is 4.08. The minimum Gasteiger partial charge on any atom is -0.456 e. The van der Waals surface area contributed by atoms with Crippen molar-refractivity contribution in [3.8, 4) is 0 Å². The summed E-state index contributed by atoms with van der Waals surface area (Å²) in [7, 11) is 0. The van der Waals surface area contributed by atoms with Gasteiger partial charge in [0.2, 0.25) is 0 Å². The van der Waals surface area contributed by atoms with Gasteiger partial charge in [0.25, 0.3) is 0 Å². The van der Waals surface area contributed by atoms with Crippen LogP contribution < -0.4 is 0 Å². The predicted molar refractivity (Wildman–Crippen MR) is 158 cm³/mol. The number of aliphatic hydroxyl groups excluding tert-OH is 4. The van der Waals surface area contributed by atoms with Gasteiger partial charge in [-0.05, 0) is 62.3 Å². The molecule has 1 aliphatic rings. The molecule has 7 heteroatoms. The Bertz CT molecular complexity index is 856. The summed E-state index contributed by atoms with van der Waals surface area (Å²) in [5.74, 6) is -0.446. The average Bonchev–Trinajstić information content (AvgIpc) is 2.88. The van der Waals surface area contributed by atoms with Crippen LogP contribution in [0.25, 0.3) is 0 Å². The van der Waals surface area contributed by atoms with E-state index in [0.717, 1.165) is 35.7 Å². The smallest absolute Gasteiger partial charge is 0.331 e. The normalized spacial score (nSPS) is 22.9. The number of hydrogen-bond donors (Lipinski definition) is 4. The van der Waals surface area contributed by atoms with Crippen molar-refractivity contribution in [1.82, 2.24) is 0 Å². The van der Waals surface area contributed by atoms with Gasteiger partial charge >= 0.3 is 5.97 Å². The summed E-state index contributed by atoms with van der Waals surface area (Å²) < 4.78 is 6.22. The second-order valence-electron chi connectivity index (χ2n) is 10.0. The first-order valence-electron chi connectivity index (χ1n) is 13.8. The van der Waals surface area contributed by atoms with Crippen molar-refractivity contribution < 1.29 is 30.0 Å². The van der Waals surface area contributed by atoms with Crippen molar-refractivity contribution in [2.75, 3.05) is 0 Å². The molecule has 6 nitrogen and oxygen atoms in total. The van der Waals surface area contributed by atoms with Crippen LogP contribution >= 0.6 is 15.9 Å². The molecule has 0 radical (unpaired) electrons. The maximum Gasteiger partial charge on any atom is 0.331 e. The Labute approximate surface area is 237 Å². The summed E-state index contributed by atoms with van der Waals surface area (Å²) in [6, 6.07) is 0. The third-order valence-corrected chi connectivity index (χ3v) is 7.50. The van der Waals surface area contributed by atoms with Crippen LogP contribution in [0.15, 0.2) is 70.8 Å². The maximum absolute atomic E-state index is 11.9. The molecule has 0 amide bonds. The van der Waals surface area contributed by atoms with E-state index in [2.05, 4.69) is 28.9 Å². The number of esters is 1. The van der Waals surface area contributed by atoms with E-state index in [1.807, 2.05) is 50.3 Å². The van der Waals surface area contributed by atoms with Crippen molar-refractivity contribution >= 4 is 21.9 Å². The first kappa shape index (κ1) is 34.3. The SMILES string of the molecule is CC/C=C/CCC(O)CC(O)C(O)CC(C)/C(Br)=C/C=C/C=C(C)/C=C/C=C/C(=O)OC1CCCCC1O. The van der Waals surface area contributed by atoms with Crippen LogP contribution in [0.3, 0.4) is 0 Å². The van der Waals surface area contributed by atoms with Gasteiger partial charge in [-0.15, -0.1) is 0 Å². The number of halogens is 1. The molecule has 6 unspecified atom stereocenters. The monoisotopic (exact) mass is 594 g/mol. The Balaban J connectivity index is 2.42. The lowest BCUT2D eigenvalue weighted by Gasteiger charge is -2.26. The number of allylic oxidation sites excluding steroid dienone is 11. The number of hydrogen-bond acceptors (Lipinski definition) is 6. The zero-order chi connectivity index (χ0) is 28.3. The summed E-state index contributed by atoms with van der Waals surface area (Å²) in [6.45, 7) is 5.96. The predicted octanol–water partition coefficient (Wildman–Crippen LogP) is 5.97. The summed E-state index contributed by atoms with van der Waals surface area (Å²) in [5, 5.41) is 40.6. The van der Waals surface area contributed by atoms with Crippen LogP contribution in [0.4, 0.5) is 0 Å². The number of carbonyl (C=O) groups excluding carboxylic acids is 1. The second kappa shape index (κ2) is 20.2. The number of ether oxygens (including phenoxy) is 1. The molecular formula is C31H47BrO6. The maximum atomic E-state index is 11.9. The van der Waals surface area contributed by atoms with Gasteiger partial charge in [-0.3, -0.25) is 0 Å². The first-order valence-corrected chi connectivity index (χ1v) is 14.6. The molecule has 0 aromatic rings. The molecule has 214 valence electrons. The van der Waals surface area contributed by atoms with E-state index in [1.54, 1.807) is 12.2 Å². The van der Waals surface area contributed by atoms with Crippen molar-refractivity contribution in [2.45, 2.75) is 109 Å². The van der Waals surface area contributed by atoms with E-state index in [1.165, 1.54) is 6.08 Å². The highest BCUT2D eigenvalue weighted by Crippen LogP contribution is 2.25. The Kier molecular flexibility index (Phi) is 18.2. The number of rotatable bonds is 16. The lowest BCUT2D eigenvalue weighted by Crippen LogP contribution is -2.33. The van der Waals surface area contributed by atoms with Gasteiger partial charge in [0.05, 0.1) is 24.4 Å². The summed E-state index contributed by atoms with van der Waals surface area (Å²) >= 11 is 3.55. The molecule has 0 aromatic carbocycles. The third kappa shape index (κ3) is 15.6. The first-order chi connectivity index (χ1) is 18.1. The van der Waals surface area contributed by atoms with Crippen molar-refractivity contribution in [3.63, 3.8) is 0 Å².